The van der Waals surface area contributed by atoms with Crippen LogP contribution in [-0.2, 0) is 12.6 Å². The smallest absolute Gasteiger partial charge is 0.311 e. The van der Waals surface area contributed by atoms with E-state index in [0.29, 0.717) is 29.9 Å². The number of carbonyl (C=O) groups excluding carboxylic acids is 1. The topological polar surface area (TPSA) is 45.2 Å². The van der Waals surface area contributed by atoms with Crippen molar-refractivity contribution in [3.05, 3.63) is 120 Å². The summed E-state index contributed by atoms with van der Waals surface area (Å²) in [4.78, 5) is 19.5. The van der Waals surface area contributed by atoms with E-state index in [2.05, 4.69) is 10.3 Å². The first kappa shape index (κ1) is 22.7. The van der Waals surface area contributed by atoms with Gasteiger partial charge in [0.2, 0.25) is 0 Å². The quantitative estimate of drug-likeness (QED) is 0.350. The predicted molar refractivity (Wildman–Crippen MR) is 129 cm³/mol. The highest BCUT2D eigenvalue weighted by Gasteiger charge is 2.35. The Hall–Kier alpha value is -4.13. The van der Waals surface area contributed by atoms with Gasteiger partial charge in [-0.15, -0.1) is 0 Å². The second kappa shape index (κ2) is 9.25. The number of hydrogen-bond donors (Lipinski definition) is 1. The van der Waals surface area contributed by atoms with E-state index in [9.17, 15) is 18.0 Å². The molecule has 0 unspecified atom stereocenters. The molecule has 1 aliphatic heterocycles. The van der Waals surface area contributed by atoms with Crippen LogP contribution in [0, 0.1) is 0 Å². The molecule has 7 heteroatoms. The monoisotopic (exact) mass is 473 g/mol. The van der Waals surface area contributed by atoms with Crippen LogP contribution in [0.25, 0.3) is 11.1 Å². The van der Waals surface area contributed by atoms with Gasteiger partial charge in [-0.2, -0.15) is 13.2 Å². The minimum atomic E-state index is -4.43. The molecule has 1 atom stereocenters. The standard InChI is InChI=1S/C28H22F3N3O/c29-28(30,31)23-12-8-22(9-13-23)26-25-21(7-4-17-32-25)16-18-34(26)27(35)33-24-14-10-20(11-15-24)19-5-2-1-3-6-19/h1-15,17,26H,16,18H2,(H,33,35)/t26-/m1/s1. The van der Waals surface area contributed by atoms with Gasteiger partial charge < -0.3 is 10.2 Å². The van der Waals surface area contributed by atoms with Crippen LogP contribution >= 0.6 is 0 Å². The first-order valence-corrected chi connectivity index (χ1v) is 11.2. The molecule has 5 rings (SSSR count). The molecule has 0 radical (unpaired) electrons. The van der Waals surface area contributed by atoms with E-state index < -0.39 is 17.8 Å². The molecule has 3 aromatic carbocycles. The van der Waals surface area contributed by atoms with E-state index >= 15 is 0 Å². The lowest BCUT2D eigenvalue weighted by Crippen LogP contribution is -2.43. The summed E-state index contributed by atoms with van der Waals surface area (Å²) in [6, 6.07) is 25.2. The van der Waals surface area contributed by atoms with Crippen LogP contribution < -0.4 is 5.32 Å². The molecule has 1 N–H and O–H groups in total. The number of anilines is 1. The first-order valence-electron chi connectivity index (χ1n) is 11.2. The summed E-state index contributed by atoms with van der Waals surface area (Å²) in [6.45, 7) is 0.415. The van der Waals surface area contributed by atoms with E-state index in [1.54, 1.807) is 11.1 Å². The lowest BCUT2D eigenvalue weighted by atomic mass is 9.92. The average molecular weight is 473 g/mol. The zero-order chi connectivity index (χ0) is 24.4. The summed E-state index contributed by atoms with van der Waals surface area (Å²) >= 11 is 0. The van der Waals surface area contributed by atoms with Gasteiger partial charge in [0.15, 0.2) is 0 Å². The second-order valence-electron chi connectivity index (χ2n) is 8.39. The molecule has 0 saturated heterocycles. The Morgan fingerprint density at radius 1 is 0.857 bits per heavy atom. The van der Waals surface area contributed by atoms with Gasteiger partial charge in [0.25, 0.3) is 0 Å². The van der Waals surface area contributed by atoms with Crippen molar-refractivity contribution in [2.75, 3.05) is 11.9 Å². The molecule has 1 aromatic heterocycles. The Bertz CT molecular complexity index is 1320. The second-order valence-corrected chi connectivity index (χ2v) is 8.39. The highest BCUT2D eigenvalue weighted by molar-refractivity contribution is 5.90. The van der Waals surface area contributed by atoms with Gasteiger partial charge in [-0.3, -0.25) is 4.98 Å². The highest BCUT2D eigenvalue weighted by Crippen LogP contribution is 2.36. The number of rotatable bonds is 3. The van der Waals surface area contributed by atoms with E-state index in [0.717, 1.165) is 28.8 Å². The third-order valence-corrected chi connectivity index (χ3v) is 6.18. The normalized spacial score (nSPS) is 15.4. The number of pyridine rings is 1. The number of hydrogen-bond acceptors (Lipinski definition) is 2. The van der Waals surface area contributed by atoms with Crippen LogP contribution in [0.1, 0.15) is 28.4 Å². The highest BCUT2D eigenvalue weighted by atomic mass is 19.4. The maximum Gasteiger partial charge on any atom is 0.416 e. The molecular weight excluding hydrogens is 451 g/mol. The number of urea groups is 1. The van der Waals surface area contributed by atoms with Gasteiger partial charge in [-0.25, -0.2) is 4.79 Å². The fourth-order valence-corrected chi connectivity index (χ4v) is 4.41. The third-order valence-electron chi connectivity index (χ3n) is 6.18. The maximum absolute atomic E-state index is 13.3. The zero-order valence-corrected chi connectivity index (χ0v) is 18.7. The van der Waals surface area contributed by atoms with Crippen LogP contribution in [0.15, 0.2) is 97.2 Å². The fraction of sp³-hybridized carbons (Fsp3) is 0.143. The molecule has 35 heavy (non-hydrogen) atoms. The van der Waals surface area contributed by atoms with Crippen LogP contribution in [0.4, 0.5) is 23.7 Å². The molecule has 0 aliphatic carbocycles. The fourth-order valence-electron chi connectivity index (χ4n) is 4.41. The maximum atomic E-state index is 13.3. The van der Waals surface area contributed by atoms with Crippen molar-refractivity contribution < 1.29 is 18.0 Å². The summed E-state index contributed by atoms with van der Waals surface area (Å²) in [5.74, 6) is 0. The number of carbonyl (C=O) groups is 1. The average Bonchev–Trinajstić information content (AvgIpc) is 2.88. The van der Waals surface area contributed by atoms with E-state index in [1.165, 1.54) is 12.1 Å². The summed E-state index contributed by atoms with van der Waals surface area (Å²) in [5, 5.41) is 2.94. The van der Waals surface area contributed by atoms with Crippen LogP contribution in [0.2, 0.25) is 0 Å². The number of alkyl halides is 3. The molecule has 1 aliphatic rings. The predicted octanol–water partition coefficient (Wildman–Crippen LogP) is 6.95. The zero-order valence-electron chi connectivity index (χ0n) is 18.7. The molecule has 0 bridgehead atoms. The van der Waals surface area contributed by atoms with Gasteiger partial charge in [0.1, 0.15) is 6.04 Å². The summed E-state index contributed by atoms with van der Waals surface area (Å²) in [6.07, 6.45) is -2.18. The molecule has 176 valence electrons. The van der Waals surface area contributed by atoms with Crippen LogP contribution in [0.5, 0.6) is 0 Å². The molecule has 0 spiro atoms. The van der Waals surface area contributed by atoms with Crippen molar-refractivity contribution in [3.63, 3.8) is 0 Å². The number of nitrogens with zero attached hydrogens (tertiary/aromatic N) is 2. The number of benzene rings is 3. The molecule has 2 amide bonds. The summed E-state index contributed by atoms with van der Waals surface area (Å²) in [7, 11) is 0. The largest absolute Gasteiger partial charge is 0.416 e. The lowest BCUT2D eigenvalue weighted by molar-refractivity contribution is -0.137. The Kier molecular flexibility index (Phi) is 5.99. The van der Waals surface area contributed by atoms with Crippen molar-refractivity contribution >= 4 is 11.7 Å². The number of halogens is 3. The Labute approximate surface area is 201 Å². The van der Waals surface area contributed by atoms with Crippen molar-refractivity contribution in [2.45, 2.75) is 18.6 Å². The lowest BCUT2D eigenvalue weighted by Gasteiger charge is -2.36. The summed E-state index contributed by atoms with van der Waals surface area (Å²) < 4.78 is 39.3. The van der Waals surface area contributed by atoms with E-state index in [4.69, 9.17) is 0 Å². The molecule has 4 nitrogen and oxygen atoms in total. The SMILES string of the molecule is O=C(Nc1ccc(-c2ccccc2)cc1)N1CCc2cccnc2[C@H]1c1ccc(C(F)(F)F)cc1. The minimum absolute atomic E-state index is 0.335. The third kappa shape index (κ3) is 4.75. The number of nitrogens with one attached hydrogen (secondary N) is 1. The van der Waals surface area contributed by atoms with Crippen molar-refractivity contribution in [1.29, 1.82) is 0 Å². The molecule has 4 aromatic rings. The minimum Gasteiger partial charge on any atom is -0.311 e. The van der Waals surface area contributed by atoms with Crippen molar-refractivity contribution in [2.24, 2.45) is 0 Å². The van der Waals surface area contributed by atoms with Gasteiger partial charge in [-0.05, 0) is 59.0 Å². The van der Waals surface area contributed by atoms with Gasteiger partial charge in [0, 0.05) is 18.4 Å². The van der Waals surface area contributed by atoms with Crippen molar-refractivity contribution in [1.82, 2.24) is 9.88 Å². The van der Waals surface area contributed by atoms with E-state index in [1.807, 2.05) is 66.7 Å². The Morgan fingerprint density at radius 3 is 2.23 bits per heavy atom. The first-order chi connectivity index (χ1) is 16.9. The van der Waals surface area contributed by atoms with Crippen LogP contribution in [0.3, 0.4) is 0 Å². The van der Waals surface area contributed by atoms with Crippen molar-refractivity contribution in [3.8, 4) is 11.1 Å². The number of fused-ring (bicyclic) bond motifs is 1. The number of aromatic nitrogens is 1. The van der Waals surface area contributed by atoms with Gasteiger partial charge in [0.05, 0.1) is 11.3 Å². The van der Waals surface area contributed by atoms with Crippen LogP contribution in [-0.4, -0.2) is 22.5 Å². The molecule has 2 heterocycles. The van der Waals surface area contributed by atoms with Gasteiger partial charge >= 0.3 is 12.2 Å². The number of amides is 2. The molecule has 0 saturated carbocycles. The molecular formula is C28H22F3N3O. The molecule has 0 fully saturated rings. The Morgan fingerprint density at radius 2 is 1.54 bits per heavy atom. The Balaban J connectivity index is 1.42. The van der Waals surface area contributed by atoms with Gasteiger partial charge in [-0.1, -0.05) is 60.7 Å². The van der Waals surface area contributed by atoms with E-state index in [-0.39, 0.29) is 6.03 Å². The summed E-state index contributed by atoms with van der Waals surface area (Å²) in [5.41, 5.74) is 4.24.